The molecule has 1 heterocycles. The van der Waals surface area contributed by atoms with Gasteiger partial charge in [-0.25, -0.2) is 4.39 Å². The van der Waals surface area contributed by atoms with Crippen molar-refractivity contribution < 1.29 is 14.0 Å². The van der Waals surface area contributed by atoms with E-state index in [2.05, 4.69) is 10.1 Å². The smallest absolute Gasteiger partial charge is 0.226 e. The number of benzene rings is 1. The van der Waals surface area contributed by atoms with Crippen LogP contribution in [0.1, 0.15) is 18.7 Å². The topological polar surface area (TPSA) is 59.2 Å². The molecule has 2 aromatic rings. The normalized spacial score (nSPS) is 10.8. The summed E-state index contributed by atoms with van der Waals surface area (Å²) in [6, 6.07) is 4.27. The predicted molar refractivity (Wildman–Crippen MR) is 64.7 cm³/mol. The first-order chi connectivity index (χ1) is 8.70. The summed E-state index contributed by atoms with van der Waals surface area (Å²) in [5.41, 5.74) is 0.610. The Morgan fingerprint density at radius 3 is 2.89 bits per heavy atom. The molecule has 96 valence electrons. The number of unbranched alkanes of at least 4 members (excludes halogenated alkanes) is 1. The van der Waals surface area contributed by atoms with Crippen molar-refractivity contribution in [2.24, 2.45) is 0 Å². The Kier molecular flexibility index (Phi) is 4.28. The highest BCUT2D eigenvalue weighted by molar-refractivity contribution is 6.31. The summed E-state index contributed by atoms with van der Waals surface area (Å²) in [5, 5.41) is 12.5. The second kappa shape index (κ2) is 5.93. The van der Waals surface area contributed by atoms with Gasteiger partial charge in [-0.1, -0.05) is 16.8 Å². The molecule has 0 atom stereocenters. The molecule has 0 aliphatic heterocycles. The number of aliphatic hydroxyl groups excluding tert-OH is 1. The molecule has 0 amide bonds. The van der Waals surface area contributed by atoms with Crippen LogP contribution in [0.5, 0.6) is 0 Å². The zero-order chi connectivity index (χ0) is 13.0. The Hall–Kier alpha value is -1.46. The minimum atomic E-state index is -0.480. The maximum absolute atomic E-state index is 13.0. The highest BCUT2D eigenvalue weighted by atomic mass is 35.5. The van der Waals surface area contributed by atoms with E-state index < -0.39 is 5.82 Å². The molecule has 0 fully saturated rings. The lowest BCUT2D eigenvalue weighted by Gasteiger charge is -1.96. The Balaban J connectivity index is 2.11. The summed E-state index contributed by atoms with van der Waals surface area (Å²) >= 11 is 5.68. The molecule has 6 heteroatoms. The van der Waals surface area contributed by atoms with E-state index in [9.17, 15) is 4.39 Å². The van der Waals surface area contributed by atoms with Crippen LogP contribution in [0.25, 0.3) is 11.4 Å². The first kappa shape index (κ1) is 13.0. The van der Waals surface area contributed by atoms with Gasteiger partial charge in [0.2, 0.25) is 11.7 Å². The molecule has 1 aromatic heterocycles. The Morgan fingerprint density at radius 2 is 2.17 bits per heavy atom. The molecule has 0 aliphatic rings. The van der Waals surface area contributed by atoms with Gasteiger partial charge in [0.25, 0.3) is 0 Å². The molecule has 1 aromatic carbocycles. The van der Waals surface area contributed by atoms with Gasteiger partial charge >= 0.3 is 0 Å². The van der Waals surface area contributed by atoms with Gasteiger partial charge in [-0.05, 0) is 31.0 Å². The van der Waals surface area contributed by atoms with Crippen LogP contribution in [-0.4, -0.2) is 21.9 Å². The monoisotopic (exact) mass is 270 g/mol. The summed E-state index contributed by atoms with van der Waals surface area (Å²) in [6.45, 7) is 0.147. The van der Waals surface area contributed by atoms with Crippen molar-refractivity contribution in [1.82, 2.24) is 10.1 Å². The van der Waals surface area contributed by atoms with E-state index >= 15 is 0 Å². The van der Waals surface area contributed by atoms with Crippen LogP contribution in [0.3, 0.4) is 0 Å². The van der Waals surface area contributed by atoms with Gasteiger partial charge in [0.1, 0.15) is 5.82 Å². The van der Waals surface area contributed by atoms with Gasteiger partial charge in [0.05, 0.1) is 5.02 Å². The van der Waals surface area contributed by atoms with Gasteiger partial charge in [-0.15, -0.1) is 0 Å². The Morgan fingerprint density at radius 1 is 1.33 bits per heavy atom. The lowest BCUT2D eigenvalue weighted by atomic mass is 10.2. The average Bonchev–Trinajstić information content (AvgIpc) is 2.82. The number of hydrogen-bond donors (Lipinski definition) is 1. The lowest BCUT2D eigenvalue weighted by molar-refractivity contribution is 0.281. The van der Waals surface area contributed by atoms with Crippen molar-refractivity contribution in [2.45, 2.75) is 19.3 Å². The largest absolute Gasteiger partial charge is 0.396 e. The summed E-state index contributed by atoms with van der Waals surface area (Å²) < 4.78 is 18.1. The van der Waals surface area contributed by atoms with Gasteiger partial charge < -0.3 is 9.63 Å². The maximum atomic E-state index is 13.0. The second-order valence-corrected chi connectivity index (χ2v) is 4.23. The average molecular weight is 271 g/mol. The van der Waals surface area contributed by atoms with Crippen LogP contribution < -0.4 is 0 Å². The summed E-state index contributed by atoms with van der Waals surface area (Å²) in [4.78, 5) is 4.18. The summed E-state index contributed by atoms with van der Waals surface area (Å²) in [5.74, 6) is 0.405. The Bertz CT molecular complexity index is 531. The maximum Gasteiger partial charge on any atom is 0.226 e. The minimum Gasteiger partial charge on any atom is -0.396 e. The number of halogens is 2. The van der Waals surface area contributed by atoms with Crippen molar-refractivity contribution in [1.29, 1.82) is 0 Å². The third kappa shape index (κ3) is 3.05. The number of nitrogens with zero attached hydrogens (tertiary/aromatic N) is 2. The molecule has 0 aliphatic carbocycles. The van der Waals surface area contributed by atoms with Crippen molar-refractivity contribution in [2.75, 3.05) is 6.61 Å². The van der Waals surface area contributed by atoms with Gasteiger partial charge in [0, 0.05) is 18.6 Å². The number of aryl methyl sites for hydroxylation is 1. The highest BCUT2D eigenvalue weighted by Crippen LogP contribution is 2.22. The van der Waals surface area contributed by atoms with Gasteiger partial charge in [-0.2, -0.15) is 4.98 Å². The number of rotatable bonds is 5. The van der Waals surface area contributed by atoms with E-state index in [1.807, 2.05) is 0 Å². The molecule has 18 heavy (non-hydrogen) atoms. The molecule has 2 rings (SSSR count). The standard InChI is InChI=1S/C12H12ClFN2O2/c13-9-7-8(4-5-10(9)14)12-15-11(18-16-12)3-1-2-6-17/h4-5,7,17H,1-3,6H2. The SMILES string of the molecule is OCCCCc1nc(-c2ccc(F)c(Cl)c2)no1. The zero-order valence-corrected chi connectivity index (χ0v) is 10.3. The molecule has 0 saturated carbocycles. The van der Waals surface area contributed by atoms with E-state index in [-0.39, 0.29) is 11.6 Å². The summed E-state index contributed by atoms with van der Waals surface area (Å²) in [6.07, 6.45) is 2.09. The van der Waals surface area contributed by atoms with Crippen molar-refractivity contribution in [3.8, 4) is 11.4 Å². The van der Waals surface area contributed by atoms with Crippen molar-refractivity contribution in [3.05, 3.63) is 34.9 Å². The molecular formula is C12H12ClFN2O2. The fraction of sp³-hybridized carbons (Fsp3) is 0.333. The van der Waals surface area contributed by atoms with Crippen LogP contribution in [-0.2, 0) is 6.42 Å². The summed E-state index contributed by atoms with van der Waals surface area (Å²) in [7, 11) is 0. The van der Waals surface area contributed by atoms with E-state index in [0.717, 1.165) is 6.42 Å². The molecule has 0 saturated heterocycles. The van der Waals surface area contributed by atoms with E-state index in [4.69, 9.17) is 21.2 Å². The van der Waals surface area contributed by atoms with Crippen LogP contribution in [0.2, 0.25) is 5.02 Å². The highest BCUT2D eigenvalue weighted by Gasteiger charge is 2.10. The van der Waals surface area contributed by atoms with Crippen LogP contribution >= 0.6 is 11.6 Å². The third-order valence-electron chi connectivity index (χ3n) is 2.44. The minimum absolute atomic E-state index is 0.0270. The number of aliphatic hydroxyl groups is 1. The lowest BCUT2D eigenvalue weighted by Crippen LogP contribution is -1.89. The number of aromatic nitrogens is 2. The van der Waals surface area contributed by atoms with Gasteiger partial charge in [-0.3, -0.25) is 0 Å². The quantitative estimate of drug-likeness (QED) is 0.849. The molecule has 1 N–H and O–H groups in total. The van der Waals surface area contributed by atoms with Crippen LogP contribution in [0, 0.1) is 5.82 Å². The predicted octanol–water partition coefficient (Wildman–Crippen LogP) is 2.84. The number of hydrogen-bond acceptors (Lipinski definition) is 4. The van der Waals surface area contributed by atoms with Gasteiger partial charge in [0.15, 0.2) is 0 Å². The van der Waals surface area contributed by atoms with E-state index in [1.54, 1.807) is 6.07 Å². The molecule has 0 radical (unpaired) electrons. The third-order valence-corrected chi connectivity index (χ3v) is 2.73. The first-order valence-corrected chi connectivity index (χ1v) is 5.97. The molecule has 4 nitrogen and oxygen atoms in total. The first-order valence-electron chi connectivity index (χ1n) is 5.59. The molecular weight excluding hydrogens is 259 g/mol. The zero-order valence-electron chi connectivity index (χ0n) is 9.57. The molecule has 0 spiro atoms. The van der Waals surface area contributed by atoms with Crippen LogP contribution in [0.4, 0.5) is 4.39 Å². The van der Waals surface area contributed by atoms with E-state index in [1.165, 1.54) is 12.1 Å². The fourth-order valence-corrected chi connectivity index (χ4v) is 1.68. The van der Waals surface area contributed by atoms with Crippen molar-refractivity contribution >= 4 is 11.6 Å². The van der Waals surface area contributed by atoms with Crippen molar-refractivity contribution in [3.63, 3.8) is 0 Å². The van der Waals surface area contributed by atoms with Crippen LogP contribution in [0.15, 0.2) is 22.7 Å². The fourth-order valence-electron chi connectivity index (χ4n) is 1.50. The molecule has 0 unspecified atom stereocenters. The van der Waals surface area contributed by atoms with E-state index in [0.29, 0.717) is 30.1 Å². The Labute approximate surface area is 108 Å². The second-order valence-electron chi connectivity index (χ2n) is 3.82. The molecule has 0 bridgehead atoms.